The van der Waals surface area contributed by atoms with Gasteiger partial charge in [-0.2, -0.15) is 5.06 Å². The van der Waals surface area contributed by atoms with Crippen LogP contribution in [-0.4, -0.2) is 29.8 Å². The molecule has 0 saturated carbocycles. The van der Waals surface area contributed by atoms with Crippen molar-refractivity contribution >= 4 is 18.2 Å². The van der Waals surface area contributed by atoms with Crippen molar-refractivity contribution in [3.05, 3.63) is 12.7 Å². The van der Waals surface area contributed by atoms with Gasteiger partial charge in [0.25, 0.3) is 0 Å². The number of carbonyl (C=O) groups excluding carboxylic acids is 2. The molecule has 5 heteroatoms. The molecule has 0 radical (unpaired) electrons. The van der Waals surface area contributed by atoms with E-state index in [-0.39, 0.29) is 0 Å². The van der Waals surface area contributed by atoms with Crippen LogP contribution in [0.15, 0.2) is 17.6 Å². The highest BCUT2D eigenvalue weighted by Gasteiger charge is 2.14. The van der Waals surface area contributed by atoms with Gasteiger partial charge in [0.05, 0.1) is 6.54 Å². The summed E-state index contributed by atoms with van der Waals surface area (Å²) in [5.74, 6) is -0.668. The standard InChI is InChI=1S/C9H14N2O3/c1-4-7-11(9(13)10-6-3)14-8(12)5-2/h5-6H,2,4,7H2,1,3H3. The quantitative estimate of drug-likeness (QED) is 0.392. The maximum absolute atomic E-state index is 11.2. The highest BCUT2D eigenvalue weighted by atomic mass is 16.7. The molecular weight excluding hydrogens is 184 g/mol. The van der Waals surface area contributed by atoms with Crippen molar-refractivity contribution < 1.29 is 14.4 Å². The maximum atomic E-state index is 11.2. The van der Waals surface area contributed by atoms with Crippen LogP contribution in [0.3, 0.4) is 0 Å². The fourth-order valence-electron chi connectivity index (χ4n) is 0.704. The lowest BCUT2D eigenvalue weighted by Crippen LogP contribution is -2.31. The Kier molecular flexibility index (Phi) is 6.02. The van der Waals surface area contributed by atoms with E-state index >= 15 is 0 Å². The fourth-order valence-corrected chi connectivity index (χ4v) is 0.704. The van der Waals surface area contributed by atoms with Gasteiger partial charge in [-0.05, 0) is 13.3 Å². The van der Waals surface area contributed by atoms with Gasteiger partial charge in [0, 0.05) is 12.3 Å². The molecule has 0 aliphatic carbocycles. The molecule has 0 unspecified atom stereocenters. The third-order valence-corrected chi connectivity index (χ3v) is 1.25. The van der Waals surface area contributed by atoms with Gasteiger partial charge in [-0.3, -0.25) is 0 Å². The summed E-state index contributed by atoms with van der Waals surface area (Å²) in [7, 11) is 0. The van der Waals surface area contributed by atoms with Crippen LogP contribution in [0.5, 0.6) is 0 Å². The molecule has 0 fully saturated rings. The SMILES string of the molecule is C=CC(=O)ON(CCC)C(=O)N=CC. The van der Waals surface area contributed by atoms with Crippen molar-refractivity contribution in [3.63, 3.8) is 0 Å². The van der Waals surface area contributed by atoms with Gasteiger partial charge < -0.3 is 4.84 Å². The summed E-state index contributed by atoms with van der Waals surface area (Å²) in [5.41, 5.74) is 0. The first kappa shape index (κ1) is 12.3. The average molecular weight is 198 g/mol. The summed E-state index contributed by atoms with van der Waals surface area (Å²) in [4.78, 5) is 30.2. The highest BCUT2D eigenvalue weighted by Crippen LogP contribution is 1.98. The lowest BCUT2D eigenvalue weighted by molar-refractivity contribution is -0.169. The fraction of sp³-hybridized carbons (Fsp3) is 0.444. The van der Waals surface area contributed by atoms with Gasteiger partial charge in [-0.15, -0.1) is 0 Å². The van der Waals surface area contributed by atoms with Gasteiger partial charge in [0.2, 0.25) is 0 Å². The van der Waals surface area contributed by atoms with E-state index in [9.17, 15) is 9.59 Å². The number of amides is 2. The molecule has 0 heterocycles. The molecule has 14 heavy (non-hydrogen) atoms. The van der Waals surface area contributed by atoms with Gasteiger partial charge >= 0.3 is 12.0 Å². The molecule has 0 aromatic rings. The van der Waals surface area contributed by atoms with Crippen molar-refractivity contribution in [1.82, 2.24) is 5.06 Å². The number of aliphatic imine (C=N–C) groups is 1. The van der Waals surface area contributed by atoms with Crippen LogP contribution in [0.4, 0.5) is 4.79 Å². The molecule has 5 nitrogen and oxygen atoms in total. The van der Waals surface area contributed by atoms with Crippen molar-refractivity contribution in [2.24, 2.45) is 4.99 Å². The number of rotatable bonds is 3. The Labute approximate surface area is 83.0 Å². The van der Waals surface area contributed by atoms with E-state index in [1.54, 1.807) is 6.92 Å². The van der Waals surface area contributed by atoms with E-state index in [4.69, 9.17) is 0 Å². The largest absolute Gasteiger partial charge is 0.376 e. The van der Waals surface area contributed by atoms with Crippen LogP contribution in [0, 0.1) is 0 Å². The normalized spacial score (nSPS) is 9.86. The Bertz CT molecular complexity index is 248. The number of nitrogens with zero attached hydrogens (tertiary/aromatic N) is 2. The van der Waals surface area contributed by atoms with E-state index in [1.807, 2.05) is 6.92 Å². The zero-order chi connectivity index (χ0) is 11.0. The van der Waals surface area contributed by atoms with E-state index in [2.05, 4.69) is 16.4 Å². The number of urea groups is 1. The van der Waals surface area contributed by atoms with Gasteiger partial charge in [0.15, 0.2) is 0 Å². The van der Waals surface area contributed by atoms with E-state index < -0.39 is 12.0 Å². The van der Waals surface area contributed by atoms with Crippen molar-refractivity contribution in [3.8, 4) is 0 Å². The number of hydroxylamine groups is 2. The molecule has 0 saturated heterocycles. The molecule has 0 aromatic carbocycles. The van der Waals surface area contributed by atoms with E-state index in [0.717, 1.165) is 11.1 Å². The Balaban J connectivity index is 4.34. The summed E-state index contributed by atoms with van der Waals surface area (Å²) in [6.07, 6.45) is 3.01. The Hall–Kier alpha value is -1.65. The molecule has 2 amide bonds. The molecule has 0 spiro atoms. The molecule has 78 valence electrons. The van der Waals surface area contributed by atoms with Crippen LogP contribution in [0.25, 0.3) is 0 Å². The molecule has 0 aromatic heterocycles. The molecule has 0 aliphatic heterocycles. The smallest absolute Gasteiger partial charge is 0.332 e. The summed E-state index contributed by atoms with van der Waals surface area (Å²) >= 11 is 0. The van der Waals surface area contributed by atoms with Gasteiger partial charge in [-0.1, -0.05) is 13.5 Å². The Morgan fingerprint density at radius 1 is 1.57 bits per heavy atom. The van der Waals surface area contributed by atoms with Crippen molar-refractivity contribution in [1.29, 1.82) is 0 Å². The third-order valence-electron chi connectivity index (χ3n) is 1.25. The van der Waals surface area contributed by atoms with Crippen LogP contribution in [0.2, 0.25) is 0 Å². The number of hydrogen-bond acceptors (Lipinski definition) is 3. The molecule has 0 bridgehead atoms. The first-order chi connectivity index (χ1) is 6.65. The average Bonchev–Trinajstić information content (AvgIpc) is 2.17. The van der Waals surface area contributed by atoms with Gasteiger partial charge in [0.1, 0.15) is 0 Å². The Morgan fingerprint density at radius 2 is 2.21 bits per heavy atom. The zero-order valence-corrected chi connectivity index (χ0v) is 8.40. The van der Waals surface area contributed by atoms with Gasteiger partial charge in [-0.25, -0.2) is 14.6 Å². The third kappa shape index (κ3) is 4.39. The predicted molar refractivity (Wildman–Crippen MR) is 52.8 cm³/mol. The molecular formula is C9H14N2O3. The summed E-state index contributed by atoms with van der Waals surface area (Å²) in [6.45, 7) is 7.01. The maximum Gasteiger partial charge on any atom is 0.376 e. The summed E-state index contributed by atoms with van der Waals surface area (Å²) in [5, 5.41) is 0.907. The van der Waals surface area contributed by atoms with Crippen LogP contribution in [-0.2, 0) is 9.63 Å². The Morgan fingerprint density at radius 3 is 2.64 bits per heavy atom. The monoisotopic (exact) mass is 198 g/mol. The number of hydrogen-bond donors (Lipinski definition) is 0. The van der Waals surface area contributed by atoms with E-state index in [1.165, 1.54) is 6.21 Å². The molecule has 0 atom stereocenters. The lowest BCUT2D eigenvalue weighted by Gasteiger charge is -2.16. The first-order valence-electron chi connectivity index (χ1n) is 4.30. The molecule has 0 aliphatic rings. The number of carbonyl (C=O) groups is 2. The van der Waals surface area contributed by atoms with Crippen molar-refractivity contribution in [2.45, 2.75) is 20.3 Å². The summed E-state index contributed by atoms with van der Waals surface area (Å²) < 4.78 is 0. The first-order valence-corrected chi connectivity index (χ1v) is 4.30. The summed E-state index contributed by atoms with van der Waals surface area (Å²) in [6, 6.07) is -0.593. The second kappa shape index (κ2) is 6.82. The highest BCUT2D eigenvalue weighted by molar-refractivity contribution is 5.85. The predicted octanol–water partition coefficient (Wildman–Crippen LogP) is 1.55. The van der Waals surface area contributed by atoms with Crippen molar-refractivity contribution in [2.75, 3.05) is 6.54 Å². The second-order valence-corrected chi connectivity index (χ2v) is 2.39. The molecule has 0 rings (SSSR count). The lowest BCUT2D eigenvalue weighted by atomic mass is 10.5. The minimum atomic E-state index is -0.668. The molecule has 0 N–H and O–H groups in total. The minimum absolute atomic E-state index is 0.315. The zero-order valence-electron chi connectivity index (χ0n) is 8.40. The van der Waals surface area contributed by atoms with Crippen LogP contribution >= 0.6 is 0 Å². The second-order valence-electron chi connectivity index (χ2n) is 2.39. The van der Waals surface area contributed by atoms with E-state index in [0.29, 0.717) is 13.0 Å². The van der Waals surface area contributed by atoms with Crippen LogP contribution < -0.4 is 0 Å². The topological polar surface area (TPSA) is 59.0 Å². The van der Waals surface area contributed by atoms with Crippen LogP contribution in [0.1, 0.15) is 20.3 Å². The minimum Gasteiger partial charge on any atom is -0.332 e.